The van der Waals surface area contributed by atoms with E-state index in [1.807, 2.05) is 0 Å². The number of rotatable bonds is 0. The molecule has 1 aliphatic carbocycles. The molecule has 3 atom stereocenters. The van der Waals surface area contributed by atoms with Crippen molar-refractivity contribution in [1.29, 1.82) is 0 Å². The molecular weight excluding hydrogens is 238 g/mol. The highest BCUT2D eigenvalue weighted by Crippen LogP contribution is 2.47. The number of nitrogens with one attached hydrogen (secondary N) is 1. The minimum atomic E-state index is 0.319. The first kappa shape index (κ1) is 12.6. The lowest BCUT2D eigenvalue weighted by Crippen LogP contribution is -2.40. The van der Waals surface area contributed by atoms with E-state index in [4.69, 9.17) is 0 Å². The van der Waals surface area contributed by atoms with Crippen molar-refractivity contribution in [3.8, 4) is 0 Å². The fourth-order valence-corrected chi connectivity index (χ4v) is 5.05. The molecule has 0 amide bonds. The van der Waals surface area contributed by atoms with Crippen molar-refractivity contribution in [3.63, 3.8) is 0 Å². The summed E-state index contributed by atoms with van der Waals surface area (Å²) in [4.78, 5) is 0. The summed E-state index contributed by atoms with van der Waals surface area (Å²) < 4.78 is 0. The molecular formula is C16H23NS. The van der Waals surface area contributed by atoms with Gasteiger partial charge in [0.15, 0.2) is 0 Å². The summed E-state index contributed by atoms with van der Waals surface area (Å²) in [5.41, 5.74) is 3.41. The average Bonchev–Trinajstić information content (AvgIpc) is 2.52. The molecule has 1 aliphatic heterocycles. The fraction of sp³-hybridized carbons (Fsp3) is 0.625. The summed E-state index contributed by atoms with van der Waals surface area (Å²) >= 11 is 2.18. The molecule has 1 aromatic carbocycles. The topological polar surface area (TPSA) is 12.0 Å². The highest BCUT2D eigenvalue weighted by atomic mass is 32.2. The molecule has 1 fully saturated rings. The zero-order valence-electron chi connectivity index (χ0n) is 11.6. The fourth-order valence-electron chi connectivity index (χ4n) is 3.39. The first-order chi connectivity index (χ1) is 8.58. The molecule has 18 heavy (non-hydrogen) atoms. The van der Waals surface area contributed by atoms with Crippen molar-refractivity contribution in [2.75, 3.05) is 12.3 Å². The number of fused-ring (bicyclic) bond motifs is 3. The standard InChI is InChI=1S/C16H23NS/c1-11-9-17-15-12-6-4-5-7-13(12)16(2,3)8-14(15)18-10-11/h4-7,11,14-15,17H,8-10H2,1-3H3. The second kappa shape index (κ2) is 4.57. The third kappa shape index (κ3) is 2.10. The monoisotopic (exact) mass is 261 g/mol. The Balaban J connectivity index is 2.02. The molecule has 0 aromatic heterocycles. The Morgan fingerprint density at radius 3 is 2.89 bits per heavy atom. The van der Waals surface area contributed by atoms with E-state index in [-0.39, 0.29) is 0 Å². The average molecular weight is 261 g/mol. The van der Waals surface area contributed by atoms with E-state index >= 15 is 0 Å². The first-order valence-electron chi connectivity index (χ1n) is 7.02. The molecule has 1 aromatic rings. The normalized spacial score (nSPS) is 34.3. The van der Waals surface area contributed by atoms with Crippen LogP contribution in [0.15, 0.2) is 24.3 Å². The van der Waals surface area contributed by atoms with E-state index in [1.165, 1.54) is 12.2 Å². The van der Waals surface area contributed by atoms with Crippen LogP contribution in [0.25, 0.3) is 0 Å². The van der Waals surface area contributed by atoms with Gasteiger partial charge in [0.05, 0.1) is 0 Å². The molecule has 1 nitrogen and oxygen atoms in total. The van der Waals surface area contributed by atoms with Gasteiger partial charge in [0, 0.05) is 11.3 Å². The second-order valence-corrected chi connectivity index (χ2v) is 7.81. The molecule has 2 heteroatoms. The van der Waals surface area contributed by atoms with Crippen LogP contribution in [-0.4, -0.2) is 17.5 Å². The number of hydrogen-bond acceptors (Lipinski definition) is 2. The summed E-state index contributed by atoms with van der Waals surface area (Å²) in [6.07, 6.45) is 1.29. The van der Waals surface area contributed by atoms with E-state index in [1.54, 1.807) is 11.1 Å². The van der Waals surface area contributed by atoms with Crippen molar-refractivity contribution < 1.29 is 0 Å². The third-order valence-electron chi connectivity index (χ3n) is 4.39. The number of benzene rings is 1. The molecule has 3 rings (SSSR count). The van der Waals surface area contributed by atoms with Gasteiger partial charge in [-0.15, -0.1) is 0 Å². The van der Waals surface area contributed by atoms with Gasteiger partial charge < -0.3 is 5.32 Å². The van der Waals surface area contributed by atoms with E-state index in [2.05, 4.69) is 62.1 Å². The summed E-state index contributed by atoms with van der Waals surface area (Å²) in [7, 11) is 0. The Morgan fingerprint density at radius 1 is 1.28 bits per heavy atom. The molecule has 1 saturated heterocycles. The van der Waals surface area contributed by atoms with E-state index in [0.717, 1.165) is 17.7 Å². The van der Waals surface area contributed by atoms with Crippen molar-refractivity contribution >= 4 is 11.8 Å². The minimum absolute atomic E-state index is 0.319. The smallest absolute Gasteiger partial charge is 0.0443 e. The van der Waals surface area contributed by atoms with Gasteiger partial charge in [-0.2, -0.15) is 11.8 Å². The SMILES string of the molecule is CC1CNC2c3ccccc3C(C)(C)CC2SC1. The zero-order valence-corrected chi connectivity index (χ0v) is 12.4. The Bertz CT molecular complexity index is 440. The molecule has 3 unspecified atom stereocenters. The quantitative estimate of drug-likeness (QED) is 0.763. The zero-order chi connectivity index (χ0) is 12.8. The van der Waals surface area contributed by atoms with Crippen LogP contribution >= 0.6 is 11.8 Å². The Kier molecular flexibility index (Phi) is 3.19. The van der Waals surface area contributed by atoms with Crippen molar-refractivity contribution in [3.05, 3.63) is 35.4 Å². The molecule has 0 bridgehead atoms. The predicted octanol–water partition coefficient (Wildman–Crippen LogP) is 3.75. The van der Waals surface area contributed by atoms with Gasteiger partial charge in [0.25, 0.3) is 0 Å². The van der Waals surface area contributed by atoms with Crippen LogP contribution in [-0.2, 0) is 5.41 Å². The summed E-state index contributed by atoms with van der Waals surface area (Å²) in [5, 5.41) is 4.54. The number of hydrogen-bond donors (Lipinski definition) is 1. The van der Waals surface area contributed by atoms with Crippen LogP contribution in [0.2, 0.25) is 0 Å². The van der Waals surface area contributed by atoms with E-state index in [9.17, 15) is 0 Å². The Labute approximate surface area is 115 Å². The summed E-state index contributed by atoms with van der Waals surface area (Å²) in [6.45, 7) is 8.31. The molecule has 1 heterocycles. The predicted molar refractivity (Wildman–Crippen MR) is 80.2 cm³/mol. The summed E-state index contributed by atoms with van der Waals surface area (Å²) in [5.74, 6) is 2.09. The molecule has 2 aliphatic rings. The molecule has 0 saturated carbocycles. The number of thioether (sulfide) groups is 1. The Morgan fingerprint density at radius 2 is 2.06 bits per heavy atom. The third-order valence-corrected chi connectivity index (χ3v) is 6.02. The Hall–Kier alpha value is -0.470. The van der Waals surface area contributed by atoms with Crippen LogP contribution in [0, 0.1) is 5.92 Å². The van der Waals surface area contributed by atoms with Crippen molar-refractivity contribution in [1.82, 2.24) is 5.32 Å². The van der Waals surface area contributed by atoms with Crippen LogP contribution in [0.4, 0.5) is 0 Å². The largest absolute Gasteiger partial charge is 0.309 e. The van der Waals surface area contributed by atoms with Gasteiger partial charge in [-0.05, 0) is 41.2 Å². The highest BCUT2D eigenvalue weighted by Gasteiger charge is 2.40. The van der Waals surface area contributed by atoms with Gasteiger partial charge in [-0.3, -0.25) is 0 Å². The van der Waals surface area contributed by atoms with Crippen LogP contribution < -0.4 is 5.32 Å². The van der Waals surface area contributed by atoms with E-state index in [0.29, 0.717) is 11.5 Å². The molecule has 0 spiro atoms. The molecule has 1 N–H and O–H groups in total. The molecule has 0 radical (unpaired) electrons. The van der Waals surface area contributed by atoms with Crippen molar-refractivity contribution in [2.24, 2.45) is 5.92 Å². The summed E-state index contributed by atoms with van der Waals surface area (Å²) in [6, 6.07) is 9.60. The maximum atomic E-state index is 3.81. The van der Waals surface area contributed by atoms with Crippen LogP contribution in [0.5, 0.6) is 0 Å². The lowest BCUT2D eigenvalue weighted by Gasteiger charge is -2.41. The van der Waals surface area contributed by atoms with Gasteiger partial charge in [0.1, 0.15) is 0 Å². The van der Waals surface area contributed by atoms with Crippen molar-refractivity contribution in [2.45, 2.75) is 43.9 Å². The van der Waals surface area contributed by atoms with Crippen LogP contribution in [0.3, 0.4) is 0 Å². The van der Waals surface area contributed by atoms with Gasteiger partial charge in [0.2, 0.25) is 0 Å². The van der Waals surface area contributed by atoms with Crippen LogP contribution in [0.1, 0.15) is 44.4 Å². The molecule has 98 valence electrons. The highest BCUT2D eigenvalue weighted by molar-refractivity contribution is 7.99. The maximum Gasteiger partial charge on any atom is 0.0443 e. The lowest BCUT2D eigenvalue weighted by molar-refractivity contribution is 0.366. The second-order valence-electron chi connectivity index (χ2n) is 6.54. The van der Waals surface area contributed by atoms with Gasteiger partial charge in [-0.25, -0.2) is 0 Å². The minimum Gasteiger partial charge on any atom is -0.309 e. The van der Waals surface area contributed by atoms with E-state index < -0.39 is 0 Å². The van der Waals surface area contributed by atoms with Gasteiger partial charge in [-0.1, -0.05) is 45.0 Å². The first-order valence-corrected chi connectivity index (χ1v) is 8.07. The maximum absolute atomic E-state index is 3.81. The van der Waals surface area contributed by atoms with Gasteiger partial charge >= 0.3 is 0 Å². The lowest BCUT2D eigenvalue weighted by atomic mass is 9.70.